The summed E-state index contributed by atoms with van der Waals surface area (Å²) in [7, 11) is -0.269. The third-order valence-corrected chi connectivity index (χ3v) is 16.5. The third kappa shape index (κ3) is 13.2. The van der Waals surface area contributed by atoms with Gasteiger partial charge in [-0.2, -0.15) is 0 Å². The first-order chi connectivity index (χ1) is 36.0. The Kier molecular flexibility index (Phi) is 17.4. The molecular formula is C59H67N5O9Si. The second kappa shape index (κ2) is 24.6. The molecule has 2 atom stereocenters. The van der Waals surface area contributed by atoms with Gasteiger partial charge in [0, 0.05) is 62.2 Å². The first-order valence-corrected chi connectivity index (χ1v) is 27.1. The number of hydrogen-bond acceptors (Lipinski definition) is 11. The Morgan fingerprint density at radius 3 is 2.14 bits per heavy atom. The highest BCUT2D eigenvalue weighted by atomic mass is 28.2. The number of phenolic OH excluding ortho intramolecular Hbond substituents is 1. The standard InChI is InChI=1S/C59H67N5O9Si/c65-52-20-18-50(51-19-21-54(67)61-55(51)52)53(66)37-60-29-22-41-14-16-45(17-15-41)56(68)64-34-27-46(28-35-64)57(69)63-32-25-44(26-33-63)39-72-48-11-7-10-47(36-48)59(71,74-49-12-5-2-6-13-49)58(70)73-40-43-23-30-62(31-24-43)38-42-8-3-1-4-9-42/h1-21,36,43-44,46,53,60,65-66,71H,22-35,37-40H2,(H,61,67)/t53-,59?/m0/s1. The maximum absolute atomic E-state index is 14.0. The molecule has 3 fully saturated rings. The number of likely N-dealkylation sites (tertiary alicyclic amines) is 3. The molecule has 3 aliphatic rings. The van der Waals surface area contributed by atoms with Crippen molar-refractivity contribution in [2.24, 2.45) is 17.8 Å². The van der Waals surface area contributed by atoms with E-state index in [-0.39, 0.29) is 63.5 Å². The Hall–Kier alpha value is -6.62. The van der Waals surface area contributed by atoms with Gasteiger partial charge in [0.2, 0.25) is 11.5 Å². The summed E-state index contributed by atoms with van der Waals surface area (Å²) in [5.41, 5.74) is 3.95. The Bertz CT molecular complexity index is 2880. The maximum atomic E-state index is 14.0. The number of esters is 1. The zero-order valence-electron chi connectivity index (χ0n) is 41.9. The van der Waals surface area contributed by atoms with Crippen molar-refractivity contribution in [3.8, 4) is 11.5 Å². The smallest absolute Gasteiger partial charge is 0.338 e. The number of piperidine rings is 3. The number of aliphatic hydroxyl groups is 2. The zero-order valence-corrected chi connectivity index (χ0v) is 42.9. The summed E-state index contributed by atoms with van der Waals surface area (Å²) in [5, 5.41) is 36.1. The minimum absolute atomic E-state index is 0.0415. The van der Waals surface area contributed by atoms with Crippen LogP contribution >= 0.6 is 0 Å². The largest absolute Gasteiger partial charge is 0.506 e. The number of nitrogens with one attached hydrogen (secondary N) is 2. The van der Waals surface area contributed by atoms with E-state index >= 15 is 0 Å². The number of carbonyl (C=O) groups is 3. The molecule has 15 heteroatoms. The van der Waals surface area contributed by atoms with Gasteiger partial charge >= 0.3 is 5.97 Å². The lowest BCUT2D eigenvalue weighted by molar-refractivity contribution is -0.160. The van der Waals surface area contributed by atoms with Gasteiger partial charge in [0.1, 0.15) is 21.0 Å². The number of phenols is 1. The molecule has 14 nitrogen and oxygen atoms in total. The van der Waals surface area contributed by atoms with E-state index in [0.717, 1.165) is 56.1 Å². The van der Waals surface area contributed by atoms with Crippen molar-refractivity contribution in [1.29, 1.82) is 0 Å². The van der Waals surface area contributed by atoms with Gasteiger partial charge in [-0.1, -0.05) is 96.2 Å². The van der Waals surface area contributed by atoms with Crippen LogP contribution in [0.1, 0.15) is 77.2 Å². The number of pyridine rings is 1. The van der Waals surface area contributed by atoms with Gasteiger partial charge in [0.05, 0.1) is 24.8 Å². The quantitative estimate of drug-likeness (QED) is 0.0370. The maximum Gasteiger partial charge on any atom is 0.338 e. The fourth-order valence-corrected chi connectivity index (χ4v) is 11.7. The minimum atomic E-state index is -1.89. The predicted molar refractivity (Wildman–Crippen MR) is 285 cm³/mol. The van der Waals surface area contributed by atoms with Gasteiger partial charge in [0.25, 0.3) is 5.91 Å². The molecule has 386 valence electrons. The first-order valence-electron chi connectivity index (χ1n) is 26.1. The van der Waals surface area contributed by atoms with Crippen LogP contribution in [-0.4, -0.2) is 128 Å². The lowest BCUT2D eigenvalue weighted by Crippen LogP contribution is -2.48. The molecule has 3 aliphatic heterocycles. The van der Waals surface area contributed by atoms with Crippen LogP contribution in [0.3, 0.4) is 0 Å². The normalized spacial score (nSPS) is 17.4. The highest BCUT2D eigenvalue weighted by Crippen LogP contribution is 2.31. The third-order valence-electron chi connectivity index (χ3n) is 15.0. The van der Waals surface area contributed by atoms with Gasteiger partial charge in [-0.3, -0.25) is 19.3 Å². The van der Waals surface area contributed by atoms with Crippen molar-refractivity contribution in [2.45, 2.75) is 62.8 Å². The molecule has 74 heavy (non-hydrogen) atoms. The zero-order chi connectivity index (χ0) is 51.4. The Morgan fingerprint density at radius 1 is 0.730 bits per heavy atom. The molecule has 0 saturated carbocycles. The number of fused-ring (bicyclic) bond motifs is 1. The Balaban J connectivity index is 0.693. The number of aliphatic hydroxyl groups excluding tert-OH is 1. The molecule has 9 rings (SSSR count). The number of ether oxygens (including phenoxy) is 2. The van der Waals surface area contributed by atoms with E-state index in [1.54, 1.807) is 24.3 Å². The summed E-state index contributed by atoms with van der Waals surface area (Å²) in [5.74, 6) is 0.313. The van der Waals surface area contributed by atoms with Crippen molar-refractivity contribution >= 4 is 43.4 Å². The van der Waals surface area contributed by atoms with E-state index in [0.29, 0.717) is 91.9 Å². The van der Waals surface area contributed by atoms with E-state index in [9.17, 15) is 34.5 Å². The van der Waals surface area contributed by atoms with Crippen LogP contribution in [0, 0.1) is 17.8 Å². The molecule has 0 bridgehead atoms. The number of nitrogens with zero attached hydrogens (tertiary/aromatic N) is 3. The number of aromatic nitrogens is 1. The van der Waals surface area contributed by atoms with Crippen molar-refractivity contribution < 1.29 is 39.2 Å². The average molecular weight is 1020 g/mol. The average Bonchev–Trinajstić information content (AvgIpc) is 3.44. The van der Waals surface area contributed by atoms with E-state index in [1.165, 1.54) is 17.7 Å². The summed E-state index contributed by atoms with van der Waals surface area (Å²) >= 11 is 0. The highest BCUT2D eigenvalue weighted by Gasteiger charge is 2.42. The number of carbonyl (C=O) groups excluding carboxylic acids is 3. The van der Waals surface area contributed by atoms with Gasteiger partial charge < -0.3 is 44.9 Å². The molecule has 4 heterocycles. The lowest BCUT2D eigenvalue weighted by Gasteiger charge is -2.37. The summed E-state index contributed by atoms with van der Waals surface area (Å²) in [6, 6.07) is 40.9. The molecule has 1 unspecified atom stereocenters. The van der Waals surface area contributed by atoms with E-state index in [4.69, 9.17) is 9.47 Å². The van der Waals surface area contributed by atoms with Crippen LogP contribution in [0.2, 0.25) is 0 Å². The molecule has 2 amide bonds. The van der Waals surface area contributed by atoms with Crippen LogP contribution in [0.4, 0.5) is 0 Å². The molecule has 0 spiro atoms. The molecular weight excluding hydrogens is 951 g/mol. The van der Waals surface area contributed by atoms with Gasteiger partial charge in [-0.15, -0.1) is 0 Å². The molecule has 5 aromatic carbocycles. The number of hydrogen-bond donors (Lipinski definition) is 5. The topological polar surface area (TPSA) is 185 Å². The van der Waals surface area contributed by atoms with Crippen LogP contribution in [0.15, 0.2) is 138 Å². The van der Waals surface area contributed by atoms with Crippen molar-refractivity contribution in [3.63, 3.8) is 0 Å². The highest BCUT2D eigenvalue weighted by molar-refractivity contribution is 6.60. The number of amides is 2. The van der Waals surface area contributed by atoms with Gasteiger partial charge in [-0.25, -0.2) is 4.79 Å². The Morgan fingerprint density at radius 2 is 1.41 bits per heavy atom. The number of aromatic hydroxyl groups is 1. The fourth-order valence-electron chi connectivity index (χ4n) is 10.5. The number of rotatable bonds is 19. The molecule has 1 aromatic heterocycles. The SMILES string of the molecule is O=C(c1ccc(CCNC[C@H](O)c2ccc(O)c3[nH]c(=O)ccc23)cc1)N1CCC(C(=O)N2CCC(COc3cccc(C(O)([Si]c4ccccc4)C(=O)OCC4CCN(Cc5ccccc5)CC4)c3)CC2)CC1. The van der Waals surface area contributed by atoms with Crippen molar-refractivity contribution in [3.05, 3.63) is 172 Å². The summed E-state index contributed by atoms with van der Waals surface area (Å²) in [6.45, 7) is 6.68. The van der Waals surface area contributed by atoms with Gasteiger partial charge in [0.15, 0.2) is 5.22 Å². The molecule has 6 aromatic rings. The van der Waals surface area contributed by atoms with Crippen molar-refractivity contribution in [1.82, 2.24) is 25.0 Å². The monoisotopic (exact) mass is 1020 g/mol. The first kappa shape index (κ1) is 52.2. The summed E-state index contributed by atoms with van der Waals surface area (Å²) < 4.78 is 12.3. The molecule has 0 aliphatic carbocycles. The van der Waals surface area contributed by atoms with Crippen LogP contribution in [0.25, 0.3) is 10.9 Å². The van der Waals surface area contributed by atoms with Crippen LogP contribution in [0.5, 0.6) is 11.5 Å². The van der Waals surface area contributed by atoms with E-state index < -0.39 is 17.3 Å². The van der Waals surface area contributed by atoms with Crippen LogP contribution < -0.4 is 20.8 Å². The Labute approximate surface area is 435 Å². The number of H-pyrrole nitrogens is 1. The minimum Gasteiger partial charge on any atom is -0.506 e. The van der Waals surface area contributed by atoms with E-state index in [2.05, 4.69) is 39.5 Å². The van der Waals surface area contributed by atoms with E-state index in [1.807, 2.05) is 82.6 Å². The molecule has 5 N–H and O–H groups in total. The van der Waals surface area contributed by atoms with Crippen molar-refractivity contribution in [2.75, 3.05) is 65.6 Å². The summed E-state index contributed by atoms with van der Waals surface area (Å²) in [4.78, 5) is 61.8. The molecule has 3 saturated heterocycles. The lowest BCUT2D eigenvalue weighted by atomic mass is 9.92. The second-order valence-corrected chi connectivity index (χ2v) is 21.7. The van der Waals surface area contributed by atoms with Crippen LogP contribution in [-0.2, 0) is 32.5 Å². The number of aromatic amines is 1. The number of benzene rings is 5. The summed E-state index contributed by atoms with van der Waals surface area (Å²) in [6.07, 6.45) is 4.52. The molecule has 2 radical (unpaired) electrons. The van der Waals surface area contributed by atoms with Gasteiger partial charge in [-0.05, 0) is 135 Å². The second-order valence-electron chi connectivity index (χ2n) is 20.1. The fraction of sp³-hybridized carbons (Fsp3) is 0.390. The predicted octanol–water partition coefficient (Wildman–Crippen LogP) is 5.90.